The number of nitrogens with zero attached hydrogens (tertiary/aromatic N) is 2. The highest BCUT2D eigenvalue weighted by atomic mass is 16.6. The Balaban J connectivity index is 1.74. The number of piperazine rings is 1. The summed E-state index contributed by atoms with van der Waals surface area (Å²) in [5.74, 6) is 0.868. The van der Waals surface area contributed by atoms with E-state index in [0.717, 1.165) is 18.8 Å². The van der Waals surface area contributed by atoms with Gasteiger partial charge in [-0.25, -0.2) is 4.79 Å². The van der Waals surface area contributed by atoms with Crippen molar-refractivity contribution >= 4 is 11.9 Å². The summed E-state index contributed by atoms with van der Waals surface area (Å²) in [7, 11) is 1.60. The number of hydrogen-bond donors (Lipinski definition) is 0. The second-order valence-electron chi connectivity index (χ2n) is 7.21. The number of rotatable bonds is 5. The van der Waals surface area contributed by atoms with Crippen LogP contribution in [-0.2, 0) is 4.74 Å². The van der Waals surface area contributed by atoms with Crippen LogP contribution in [0.25, 0.3) is 0 Å². The molecule has 0 spiro atoms. The Kier molecular flexibility index (Phi) is 6.42. The van der Waals surface area contributed by atoms with Crippen molar-refractivity contribution < 1.29 is 19.1 Å². The van der Waals surface area contributed by atoms with E-state index in [1.807, 2.05) is 20.8 Å². The number of methoxy groups -OCH3 is 1. The molecule has 6 heteroatoms. The zero-order valence-electron chi connectivity index (χ0n) is 15.6. The topological polar surface area (TPSA) is 59.1 Å². The molecule has 1 saturated heterocycles. The lowest BCUT2D eigenvalue weighted by molar-refractivity contribution is 0.0144. The van der Waals surface area contributed by atoms with E-state index in [-0.39, 0.29) is 11.9 Å². The summed E-state index contributed by atoms with van der Waals surface area (Å²) in [5, 5.41) is 0. The van der Waals surface area contributed by atoms with E-state index in [4.69, 9.17) is 9.47 Å². The number of hydrogen-bond acceptors (Lipinski definition) is 5. The average molecular weight is 348 g/mol. The van der Waals surface area contributed by atoms with E-state index < -0.39 is 5.60 Å². The van der Waals surface area contributed by atoms with Gasteiger partial charge in [0.15, 0.2) is 5.78 Å². The standard InChI is InChI=1S/C19H28N2O4/c1-19(2,3)25-18(23)21-13-11-20(12-14-21)10-9-17(22)15-5-7-16(24-4)8-6-15/h5-8H,9-14H2,1-4H3. The van der Waals surface area contributed by atoms with Crippen LogP contribution in [0.4, 0.5) is 4.79 Å². The Labute approximate surface area is 149 Å². The Bertz CT molecular complexity index is 584. The zero-order valence-corrected chi connectivity index (χ0v) is 15.6. The molecular weight excluding hydrogens is 320 g/mol. The molecule has 1 fully saturated rings. The number of carbonyl (C=O) groups is 2. The van der Waals surface area contributed by atoms with Crippen molar-refractivity contribution in [2.24, 2.45) is 0 Å². The van der Waals surface area contributed by atoms with E-state index in [0.29, 0.717) is 31.6 Å². The highest BCUT2D eigenvalue weighted by Gasteiger charge is 2.25. The smallest absolute Gasteiger partial charge is 0.410 e. The van der Waals surface area contributed by atoms with Gasteiger partial charge >= 0.3 is 6.09 Å². The minimum absolute atomic E-state index is 0.122. The molecule has 1 aromatic carbocycles. The van der Waals surface area contributed by atoms with Crippen LogP contribution < -0.4 is 4.74 Å². The summed E-state index contributed by atoms with van der Waals surface area (Å²) in [6, 6.07) is 7.18. The van der Waals surface area contributed by atoms with Crippen molar-refractivity contribution in [3.8, 4) is 5.75 Å². The molecule has 1 aromatic rings. The molecule has 1 aliphatic rings. The molecule has 138 valence electrons. The second kappa shape index (κ2) is 8.34. The Morgan fingerprint density at radius 1 is 1.04 bits per heavy atom. The van der Waals surface area contributed by atoms with Crippen LogP contribution in [0, 0.1) is 0 Å². The summed E-state index contributed by atoms with van der Waals surface area (Å²) in [5.41, 5.74) is 0.229. The van der Waals surface area contributed by atoms with Crippen LogP contribution in [0.5, 0.6) is 5.75 Å². The van der Waals surface area contributed by atoms with E-state index >= 15 is 0 Å². The molecule has 0 radical (unpaired) electrons. The fraction of sp³-hybridized carbons (Fsp3) is 0.579. The quantitative estimate of drug-likeness (QED) is 0.766. The molecule has 1 heterocycles. The summed E-state index contributed by atoms with van der Waals surface area (Å²) >= 11 is 0. The van der Waals surface area contributed by atoms with Gasteiger partial charge in [-0.1, -0.05) is 0 Å². The highest BCUT2D eigenvalue weighted by molar-refractivity contribution is 5.96. The maximum absolute atomic E-state index is 12.3. The monoisotopic (exact) mass is 348 g/mol. The third-order valence-corrected chi connectivity index (χ3v) is 4.09. The van der Waals surface area contributed by atoms with Gasteiger partial charge < -0.3 is 14.4 Å². The first kappa shape index (κ1) is 19.2. The van der Waals surface area contributed by atoms with Crippen molar-refractivity contribution in [1.82, 2.24) is 9.80 Å². The third kappa shape index (κ3) is 6.05. The van der Waals surface area contributed by atoms with Gasteiger partial charge in [-0.3, -0.25) is 9.69 Å². The van der Waals surface area contributed by atoms with Gasteiger partial charge in [-0.15, -0.1) is 0 Å². The summed E-state index contributed by atoms with van der Waals surface area (Å²) in [4.78, 5) is 28.2. The molecule has 0 N–H and O–H groups in total. The average Bonchev–Trinajstić information content (AvgIpc) is 2.58. The van der Waals surface area contributed by atoms with Crippen LogP contribution in [0.3, 0.4) is 0 Å². The minimum Gasteiger partial charge on any atom is -0.497 e. The number of ketones is 1. The van der Waals surface area contributed by atoms with E-state index in [2.05, 4.69) is 4.90 Å². The van der Waals surface area contributed by atoms with E-state index in [9.17, 15) is 9.59 Å². The summed E-state index contributed by atoms with van der Waals surface area (Å²) in [6.45, 7) is 9.08. The molecule has 0 saturated carbocycles. The van der Waals surface area contributed by atoms with Crippen molar-refractivity contribution in [3.63, 3.8) is 0 Å². The highest BCUT2D eigenvalue weighted by Crippen LogP contribution is 2.14. The lowest BCUT2D eigenvalue weighted by atomic mass is 10.1. The normalized spacial score (nSPS) is 15.8. The molecule has 2 rings (SSSR count). The predicted molar refractivity (Wildman–Crippen MR) is 96.2 cm³/mol. The minimum atomic E-state index is -0.473. The van der Waals surface area contributed by atoms with Crippen molar-refractivity contribution in [2.45, 2.75) is 32.8 Å². The van der Waals surface area contributed by atoms with Gasteiger partial charge in [0, 0.05) is 44.7 Å². The van der Waals surface area contributed by atoms with Gasteiger partial charge in [-0.2, -0.15) is 0 Å². The van der Waals surface area contributed by atoms with Gasteiger partial charge in [0.1, 0.15) is 11.4 Å². The Morgan fingerprint density at radius 2 is 1.64 bits per heavy atom. The number of carbonyl (C=O) groups excluding carboxylic acids is 2. The molecule has 0 aromatic heterocycles. The van der Waals surface area contributed by atoms with Crippen molar-refractivity contribution in [2.75, 3.05) is 39.8 Å². The van der Waals surface area contributed by atoms with Crippen LogP contribution in [-0.4, -0.2) is 67.1 Å². The fourth-order valence-corrected chi connectivity index (χ4v) is 2.66. The second-order valence-corrected chi connectivity index (χ2v) is 7.21. The molecule has 0 unspecified atom stereocenters. The molecule has 0 atom stereocenters. The van der Waals surface area contributed by atoms with Crippen LogP contribution in [0.2, 0.25) is 0 Å². The molecule has 1 amide bonds. The first-order valence-corrected chi connectivity index (χ1v) is 8.66. The van der Waals surface area contributed by atoms with Gasteiger partial charge in [0.25, 0.3) is 0 Å². The van der Waals surface area contributed by atoms with Gasteiger partial charge in [0.2, 0.25) is 0 Å². The maximum atomic E-state index is 12.3. The van der Waals surface area contributed by atoms with Crippen LogP contribution in [0.1, 0.15) is 37.6 Å². The zero-order chi connectivity index (χ0) is 18.4. The SMILES string of the molecule is COc1ccc(C(=O)CCN2CCN(C(=O)OC(C)(C)C)CC2)cc1. The largest absolute Gasteiger partial charge is 0.497 e. The Hall–Kier alpha value is -2.08. The number of Topliss-reactive ketones (excluding diaryl/α,β-unsaturated/α-hetero) is 1. The van der Waals surface area contributed by atoms with E-state index in [1.54, 1.807) is 36.3 Å². The first-order chi connectivity index (χ1) is 11.8. The van der Waals surface area contributed by atoms with Crippen molar-refractivity contribution in [3.05, 3.63) is 29.8 Å². The van der Waals surface area contributed by atoms with Crippen LogP contribution in [0.15, 0.2) is 24.3 Å². The summed E-state index contributed by atoms with van der Waals surface area (Å²) in [6.07, 6.45) is 0.208. The third-order valence-electron chi connectivity index (χ3n) is 4.09. The molecule has 25 heavy (non-hydrogen) atoms. The molecule has 6 nitrogen and oxygen atoms in total. The number of benzene rings is 1. The summed E-state index contributed by atoms with van der Waals surface area (Å²) < 4.78 is 10.5. The van der Waals surface area contributed by atoms with Crippen LogP contribution >= 0.6 is 0 Å². The molecule has 1 aliphatic heterocycles. The molecule has 0 aliphatic carbocycles. The number of ether oxygens (including phenoxy) is 2. The van der Waals surface area contributed by atoms with Crippen molar-refractivity contribution in [1.29, 1.82) is 0 Å². The lowest BCUT2D eigenvalue weighted by Crippen LogP contribution is -2.50. The maximum Gasteiger partial charge on any atom is 0.410 e. The first-order valence-electron chi connectivity index (χ1n) is 8.66. The van der Waals surface area contributed by atoms with Gasteiger partial charge in [-0.05, 0) is 45.0 Å². The predicted octanol–water partition coefficient (Wildman–Crippen LogP) is 2.82. The lowest BCUT2D eigenvalue weighted by Gasteiger charge is -2.35. The molecule has 0 bridgehead atoms. The van der Waals surface area contributed by atoms with E-state index in [1.165, 1.54) is 0 Å². The molecular formula is C19H28N2O4. The Morgan fingerprint density at radius 3 is 2.16 bits per heavy atom. The number of amides is 1. The van der Waals surface area contributed by atoms with Gasteiger partial charge in [0.05, 0.1) is 7.11 Å². The fourth-order valence-electron chi connectivity index (χ4n) is 2.66.